The van der Waals surface area contributed by atoms with Gasteiger partial charge in [0.2, 0.25) is 0 Å². The average molecular weight is 417 g/mol. The van der Waals surface area contributed by atoms with Gasteiger partial charge in [0.15, 0.2) is 0 Å². The summed E-state index contributed by atoms with van der Waals surface area (Å²) in [6.45, 7) is 6.75. The van der Waals surface area contributed by atoms with Crippen molar-refractivity contribution in [2.75, 3.05) is 19.7 Å². The summed E-state index contributed by atoms with van der Waals surface area (Å²) in [5, 5.41) is 18.9. The maximum atomic E-state index is 12.7. The highest BCUT2D eigenvalue weighted by molar-refractivity contribution is 5.88. The van der Waals surface area contributed by atoms with Gasteiger partial charge in [0.1, 0.15) is 11.9 Å². The maximum absolute atomic E-state index is 12.7. The number of hydrogen-bond acceptors (Lipinski definition) is 5. The zero-order valence-electron chi connectivity index (χ0n) is 18.9. The van der Waals surface area contributed by atoms with Crippen LogP contribution in [-0.4, -0.2) is 42.4 Å². The minimum Gasteiger partial charge on any atom is -0.396 e. The van der Waals surface area contributed by atoms with Gasteiger partial charge in [-0.15, -0.1) is 0 Å². The Hall–Kier alpha value is -0.940. The van der Waals surface area contributed by atoms with E-state index < -0.39 is 0 Å². The predicted octanol–water partition coefficient (Wildman–Crippen LogP) is 3.94. The van der Waals surface area contributed by atoms with Crippen molar-refractivity contribution in [1.29, 1.82) is 0 Å². The molecule has 0 radical (unpaired) electrons. The fourth-order valence-corrected chi connectivity index (χ4v) is 8.67. The van der Waals surface area contributed by atoms with Crippen LogP contribution in [0.3, 0.4) is 0 Å². The normalized spacial score (nSPS) is 49.6. The molecular weight excluding hydrogens is 376 g/mol. The fourth-order valence-electron chi connectivity index (χ4n) is 8.67. The number of aliphatic hydroxyl groups is 1. The number of nitrogens with zero attached hydrogens (tertiary/aromatic N) is 1. The van der Waals surface area contributed by atoms with Crippen LogP contribution >= 0.6 is 0 Å². The highest BCUT2D eigenvalue weighted by Gasteiger charge is 2.62. The number of rotatable bonds is 4. The van der Waals surface area contributed by atoms with E-state index in [0.717, 1.165) is 64.5 Å². The number of Topliss-reactive ketones (excluding diaryl/α,β-unsaturated/α-hetero) is 1. The lowest BCUT2D eigenvalue weighted by Crippen LogP contribution is -2.58. The van der Waals surface area contributed by atoms with Gasteiger partial charge in [-0.3, -0.25) is 4.79 Å². The van der Waals surface area contributed by atoms with Crippen molar-refractivity contribution in [1.82, 2.24) is 5.32 Å². The molecule has 4 saturated carbocycles. The monoisotopic (exact) mass is 416 g/mol. The van der Waals surface area contributed by atoms with Gasteiger partial charge in [0.25, 0.3) is 0 Å². The largest absolute Gasteiger partial charge is 0.396 e. The Labute approximate surface area is 181 Å². The van der Waals surface area contributed by atoms with Crippen LogP contribution in [0.15, 0.2) is 5.16 Å². The zero-order valence-corrected chi connectivity index (χ0v) is 18.9. The zero-order chi connectivity index (χ0) is 20.9. The lowest BCUT2D eigenvalue weighted by atomic mass is 9.43. The topological polar surface area (TPSA) is 70.9 Å². The second-order valence-corrected chi connectivity index (χ2v) is 11.2. The Bertz CT molecular complexity index is 703. The van der Waals surface area contributed by atoms with Crippen molar-refractivity contribution in [3.05, 3.63) is 0 Å². The van der Waals surface area contributed by atoms with Gasteiger partial charge < -0.3 is 15.3 Å². The molecule has 5 nitrogen and oxygen atoms in total. The lowest BCUT2D eigenvalue weighted by molar-refractivity contribution is -0.148. The predicted molar refractivity (Wildman–Crippen MR) is 117 cm³/mol. The minimum atomic E-state index is -0.0841. The van der Waals surface area contributed by atoms with E-state index in [1.54, 1.807) is 0 Å². The molecule has 5 rings (SSSR count). The molecule has 5 aliphatic rings. The standard InChI is InChI=1S/C25H40N2O3/c1-3-17-20-5-4-18-19-6-7-23(29)24(19,2)11-8-21(18)25(20,15-28)12-9-22(17)27-30-16-10-13-26-14-16/h16-21,26,28H,3-15H2,1-2H3/t16?,17-,18?,19?,20?,21?,24+,25-/m1/s1. The number of ketones is 1. The maximum Gasteiger partial charge on any atom is 0.141 e. The first kappa shape index (κ1) is 20.9. The van der Waals surface area contributed by atoms with Crippen molar-refractivity contribution in [2.45, 2.75) is 84.2 Å². The van der Waals surface area contributed by atoms with E-state index in [1.165, 1.54) is 18.6 Å². The van der Waals surface area contributed by atoms with Crippen molar-refractivity contribution in [2.24, 2.45) is 45.6 Å². The lowest BCUT2D eigenvalue weighted by Gasteiger charge is -2.61. The molecule has 0 spiro atoms. The molecule has 30 heavy (non-hydrogen) atoms. The molecule has 2 N–H and O–H groups in total. The van der Waals surface area contributed by atoms with E-state index >= 15 is 0 Å². The first-order chi connectivity index (χ1) is 14.5. The summed E-state index contributed by atoms with van der Waals surface area (Å²) in [4.78, 5) is 18.6. The molecule has 1 aliphatic heterocycles. The molecule has 8 atom stereocenters. The van der Waals surface area contributed by atoms with E-state index in [0.29, 0.717) is 42.0 Å². The van der Waals surface area contributed by atoms with E-state index in [2.05, 4.69) is 19.2 Å². The third kappa shape index (κ3) is 3.02. The van der Waals surface area contributed by atoms with Crippen LogP contribution < -0.4 is 5.32 Å². The van der Waals surface area contributed by atoms with Crippen LogP contribution in [-0.2, 0) is 9.63 Å². The summed E-state index contributed by atoms with van der Waals surface area (Å²) in [6, 6.07) is 0. The Morgan fingerprint density at radius 3 is 2.70 bits per heavy atom. The molecule has 168 valence electrons. The Morgan fingerprint density at radius 1 is 1.10 bits per heavy atom. The van der Waals surface area contributed by atoms with Crippen LogP contribution in [0.4, 0.5) is 0 Å². The summed E-state index contributed by atoms with van der Waals surface area (Å²) in [5.74, 6) is 3.18. The molecule has 0 aromatic rings. The van der Waals surface area contributed by atoms with Crippen molar-refractivity contribution in [3.8, 4) is 0 Å². The Kier molecular flexibility index (Phi) is 5.50. The number of fused-ring (bicyclic) bond motifs is 5. The highest BCUT2D eigenvalue weighted by atomic mass is 16.6. The smallest absolute Gasteiger partial charge is 0.141 e. The number of carbonyl (C=O) groups excluding carboxylic acids is 1. The number of oxime groups is 1. The van der Waals surface area contributed by atoms with Crippen molar-refractivity contribution >= 4 is 11.5 Å². The molecular formula is C25H40N2O3. The molecule has 1 saturated heterocycles. The van der Waals surface area contributed by atoms with Crippen LogP contribution in [0.2, 0.25) is 0 Å². The van der Waals surface area contributed by atoms with Crippen LogP contribution in [0.5, 0.6) is 0 Å². The molecule has 0 bridgehead atoms. The second kappa shape index (κ2) is 7.88. The van der Waals surface area contributed by atoms with Gasteiger partial charge in [-0.05, 0) is 81.6 Å². The van der Waals surface area contributed by atoms with Crippen LogP contribution in [0.1, 0.15) is 78.1 Å². The third-order valence-corrected chi connectivity index (χ3v) is 10.3. The van der Waals surface area contributed by atoms with Gasteiger partial charge in [0.05, 0.1) is 5.71 Å². The quantitative estimate of drug-likeness (QED) is 0.681. The number of aliphatic hydroxyl groups excluding tert-OH is 1. The second-order valence-electron chi connectivity index (χ2n) is 11.2. The molecule has 5 unspecified atom stereocenters. The summed E-state index contributed by atoms with van der Waals surface area (Å²) in [5.41, 5.74) is 1.18. The summed E-state index contributed by atoms with van der Waals surface area (Å²) in [6.07, 6.45) is 10.7. The van der Waals surface area contributed by atoms with Gasteiger partial charge in [-0.2, -0.15) is 0 Å². The molecule has 0 amide bonds. The van der Waals surface area contributed by atoms with E-state index in [4.69, 9.17) is 9.99 Å². The van der Waals surface area contributed by atoms with Gasteiger partial charge in [-0.1, -0.05) is 19.0 Å². The van der Waals surface area contributed by atoms with Crippen molar-refractivity contribution in [3.63, 3.8) is 0 Å². The molecule has 4 aliphatic carbocycles. The summed E-state index contributed by atoms with van der Waals surface area (Å²) >= 11 is 0. The fraction of sp³-hybridized carbons (Fsp3) is 0.920. The summed E-state index contributed by atoms with van der Waals surface area (Å²) in [7, 11) is 0. The Morgan fingerprint density at radius 2 is 1.97 bits per heavy atom. The molecule has 5 fully saturated rings. The summed E-state index contributed by atoms with van der Waals surface area (Å²) < 4.78 is 0. The highest BCUT2D eigenvalue weighted by Crippen LogP contribution is 2.66. The molecule has 0 aromatic carbocycles. The molecule has 5 heteroatoms. The Balaban J connectivity index is 1.40. The first-order valence-corrected chi connectivity index (χ1v) is 12.6. The van der Waals surface area contributed by atoms with Crippen molar-refractivity contribution < 1.29 is 14.7 Å². The number of nitrogens with one attached hydrogen (secondary N) is 1. The van der Waals surface area contributed by atoms with Gasteiger partial charge in [0, 0.05) is 42.7 Å². The average Bonchev–Trinajstić information content (AvgIpc) is 3.39. The minimum absolute atomic E-state index is 0.0183. The SMILES string of the molecule is CC[C@H]1C(=NOC2CCNC2)CC[C@]2(CO)C3CC[C@]4(C)C(=O)CCC4C3CCC12. The van der Waals surface area contributed by atoms with Crippen LogP contribution in [0, 0.1) is 40.4 Å². The van der Waals surface area contributed by atoms with Crippen LogP contribution in [0.25, 0.3) is 0 Å². The van der Waals surface area contributed by atoms with E-state index in [1.807, 2.05) is 0 Å². The van der Waals surface area contributed by atoms with Gasteiger partial charge in [-0.25, -0.2) is 0 Å². The first-order valence-electron chi connectivity index (χ1n) is 12.6. The third-order valence-electron chi connectivity index (χ3n) is 10.3. The van der Waals surface area contributed by atoms with E-state index in [-0.39, 0.29) is 16.9 Å². The van der Waals surface area contributed by atoms with Gasteiger partial charge >= 0.3 is 0 Å². The van der Waals surface area contributed by atoms with E-state index in [9.17, 15) is 9.90 Å². The molecule has 1 heterocycles. The number of carbonyl (C=O) groups is 1. The molecule has 0 aromatic heterocycles. The number of hydrogen-bond donors (Lipinski definition) is 2.